The minimum Gasteiger partial charge on any atom is -0.423 e. The largest absolute Gasteiger partial charge is 0.423 e. The van der Waals surface area contributed by atoms with Crippen LogP contribution in [-0.4, -0.2) is 0 Å². The predicted octanol–water partition coefficient (Wildman–Crippen LogP) is 2.40. The maximum absolute atomic E-state index is 10.8. The maximum Gasteiger partial charge on any atom is 0.336 e. The molecule has 1 heterocycles. The van der Waals surface area contributed by atoms with Gasteiger partial charge in [0.25, 0.3) is 0 Å². The van der Waals surface area contributed by atoms with Gasteiger partial charge in [0.1, 0.15) is 5.76 Å². The van der Waals surface area contributed by atoms with Gasteiger partial charge in [0.05, 0.1) is 0 Å². The zero-order chi connectivity index (χ0) is 8.55. The molecule has 2 rings (SSSR count). The SMILES string of the molecule is O=c1cc2ccc(Cl)ccc-2o1. The molecule has 1 aliphatic heterocycles. The third-order valence-electron chi connectivity index (χ3n) is 1.58. The molecule has 0 atom stereocenters. The molecular weight excluding hydrogens is 176 g/mol. The van der Waals surface area contributed by atoms with E-state index in [9.17, 15) is 4.79 Å². The Morgan fingerprint density at radius 1 is 1.17 bits per heavy atom. The molecule has 3 heteroatoms. The van der Waals surface area contributed by atoms with Crippen molar-refractivity contribution in [1.29, 1.82) is 0 Å². The molecule has 0 saturated heterocycles. The zero-order valence-electron chi connectivity index (χ0n) is 6.08. The van der Waals surface area contributed by atoms with Crippen molar-refractivity contribution in [2.45, 2.75) is 0 Å². The molecule has 60 valence electrons. The Morgan fingerprint density at radius 2 is 1.92 bits per heavy atom. The fourth-order valence-electron chi connectivity index (χ4n) is 1.04. The lowest BCUT2D eigenvalue weighted by molar-refractivity contribution is 0.545. The Labute approximate surface area is 73.7 Å². The van der Waals surface area contributed by atoms with Crippen LogP contribution in [0.2, 0.25) is 5.02 Å². The molecule has 0 unspecified atom stereocenters. The van der Waals surface area contributed by atoms with Crippen LogP contribution in [0.5, 0.6) is 0 Å². The molecule has 0 bridgehead atoms. The molecule has 0 aromatic carbocycles. The average Bonchev–Trinajstić information content (AvgIpc) is 2.31. The number of fused-ring (bicyclic) bond motifs is 1. The van der Waals surface area contributed by atoms with Gasteiger partial charge in [-0.3, -0.25) is 0 Å². The van der Waals surface area contributed by atoms with Crippen LogP contribution in [0.25, 0.3) is 11.3 Å². The monoisotopic (exact) mass is 180 g/mol. The van der Waals surface area contributed by atoms with Gasteiger partial charge in [-0.2, -0.15) is 0 Å². The summed E-state index contributed by atoms with van der Waals surface area (Å²) in [5.74, 6) is 0.562. The van der Waals surface area contributed by atoms with E-state index in [1.165, 1.54) is 6.07 Å². The lowest BCUT2D eigenvalue weighted by Crippen LogP contribution is -1.83. The fourth-order valence-corrected chi connectivity index (χ4v) is 1.16. The summed E-state index contributed by atoms with van der Waals surface area (Å²) in [4.78, 5) is 10.8. The van der Waals surface area contributed by atoms with Crippen LogP contribution in [0.3, 0.4) is 0 Å². The smallest absolute Gasteiger partial charge is 0.336 e. The van der Waals surface area contributed by atoms with Gasteiger partial charge in [-0.15, -0.1) is 0 Å². The van der Waals surface area contributed by atoms with Crippen molar-refractivity contribution in [2.24, 2.45) is 0 Å². The van der Waals surface area contributed by atoms with Crippen LogP contribution in [0.15, 0.2) is 39.5 Å². The highest BCUT2D eigenvalue weighted by Gasteiger charge is 2.04. The molecule has 0 aromatic rings. The highest BCUT2D eigenvalue weighted by molar-refractivity contribution is 6.30. The van der Waals surface area contributed by atoms with Gasteiger partial charge in [-0.1, -0.05) is 11.6 Å². The van der Waals surface area contributed by atoms with Crippen molar-refractivity contribution >= 4 is 11.6 Å². The van der Waals surface area contributed by atoms with Gasteiger partial charge in [0, 0.05) is 16.7 Å². The van der Waals surface area contributed by atoms with Crippen LogP contribution in [0, 0.1) is 0 Å². The average molecular weight is 181 g/mol. The molecule has 0 spiro atoms. The van der Waals surface area contributed by atoms with E-state index in [1.807, 2.05) is 0 Å². The Bertz CT molecular complexity index is 396. The van der Waals surface area contributed by atoms with E-state index in [0.717, 1.165) is 5.56 Å². The van der Waals surface area contributed by atoms with E-state index in [2.05, 4.69) is 0 Å². The van der Waals surface area contributed by atoms with Crippen molar-refractivity contribution in [3.05, 3.63) is 45.8 Å². The van der Waals surface area contributed by atoms with Gasteiger partial charge in [0.15, 0.2) is 0 Å². The van der Waals surface area contributed by atoms with Gasteiger partial charge >= 0.3 is 5.63 Å². The Hall–Kier alpha value is -1.28. The summed E-state index contributed by atoms with van der Waals surface area (Å²) in [5.41, 5.74) is 0.444. The predicted molar refractivity (Wildman–Crippen MR) is 46.6 cm³/mol. The van der Waals surface area contributed by atoms with Crippen molar-refractivity contribution in [3.8, 4) is 11.3 Å². The summed E-state index contributed by atoms with van der Waals surface area (Å²) < 4.78 is 4.87. The van der Waals surface area contributed by atoms with Crippen LogP contribution < -0.4 is 5.63 Å². The first kappa shape index (κ1) is 7.37. The van der Waals surface area contributed by atoms with E-state index < -0.39 is 0 Å². The third kappa shape index (κ3) is 1.21. The number of hydrogen-bond donors (Lipinski definition) is 0. The van der Waals surface area contributed by atoms with E-state index in [0.29, 0.717) is 10.8 Å². The summed E-state index contributed by atoms with van der Waals surface area (Å²) in [6.07, 6.45) is 0. The standard InChI is InChI=1S/C9H5ClO2/c10-7-2-1-6-5-9(11)12-8(6)4-3-7/h1-5H. The van der Waals surface area contributed by atoms with Crippen molar-refractivity contribution in [1.82, 2.24) is 0 Å². The Morgan fingerprint density at radius 3 is 2.75 bits per heavy atom. The number of furan rings is 1. The highest BCUT2D eigenvalue weighted by atomic mass is 35.5. The molecule has 0 aromatic heterocycles. The molecule has 0 amide bonds. The first-order valence-corrected chi connectivity index (χ1v) is 3.83. The highest BCUT2D eigenvalue weighted by Crippen LogP contribution is 2.20. The van der Waals surface area contributed by atoms with Crippen molar-refractivity contribution in [2.75, 3.05) is 0 Å². The lowest BCUT2D eigenvalue weighted by Gasteiger charge is -1.82. The quantitative estimate of drug-likeness (QED) is 0.623. The van der Waals surface area contributed by atoms with Crippen molar-refractivity contribution in [3.63, 3.8) is 0 Å². The zero-order valence-corrected chi connectivity index (χ0v) is 6.84. The minimum absolute atomic E-state index is 0.327. The number of rotatable bonds is 0. The summed E-state index contributed by atoms with van der Waals surface area (Å²) >= 11 is 5.73. The van der Waals surface area contributed by atoms with Gasteiger partial charge < -0.3 is 4.42 Å². The number of halogens is 1. The summed E-state index contributed by atoms with van der Waals surface area (Å²) in [7, 11) is 0. The summed E-state index contributed by atoms with van der Waals surface area (Å²) in [6, 6.07) is 8.28. The Kier molecular flexibility index (Phi) is 1.62. The lowest BCUT2D eigenvalue weighted by atomic mass is 10.2. The van der Waals surface area contributed by atoms with Crippen LogP contribution in [0.1, 0.15) is 0 Å². The minimum atomic E-state index is -0.327. The second-order valence-electron chi connectivity index (χ2n) is 2.44. The molecule has 0 saturated carbocycles. The molecule has 0 N–H and O–H groups in total. The molecule has 0 fully saturated rings. The van der Waals surface area contributed by atoms with Gasteiger partial charge in [-0.05, 0) is 24.3 Å². The second kappa shape index (κ2) is 2.64. The van der Waals surface area contributed by atoms with E-state index in [4.69, 9.17) is 16.0 Å². The van der Waals surface area contributed by atoms with E-state index in [1.54, 1.807) is 24.3 Å². The van der Waals surface area contributed by atoms with Gasteiger partial charge in [-0.25, -0.2) is 4.79 Å². The molecular formula is C9H5ClO2. The maximum atomic E-state index is 10.8. The first-order chi connectivity index (χ1) is 5.75. The third-order valence-corrected chi connectivity index (χ3v) is 1.84. The van der Waals surface area contributed by atoms with Crippen LogP contribution >= 0.6 is 11.6 Å². The molecule has 2 aliphatic rings. The van der Waals surface area contributed by atoms with Crippen LogP contribution in [0.4, 0.5) is 0 Å². The topological polar surface area (TPSA) is 30.2 Å². The summed E-state index contributed by atoms with van der Waals surface area (Å²) in [5, 5.41) is 0.619. The van der Waals surface area contributed by atoms with Crippen molar-refractivity contribution < 1.29 is 4.42 Å². The molecule has 2 nitrogen and oxygen atoms in total. The molecule has 12 heavy (non-hydrogen) atoms. The van der Waals surface area contributed by atoms with E-state index in [-0.39, 0.29) is 5.63 Å². The van der Waals surface area contributed by atoms with E-state index >= 15 is 0 Å². The molecule has 1 aliphatic carbocycles. The number of hydrogen-bond acceptors (Lipinski definition) is 2. The normalized spacial score (nSPS) is 10.4. The van der Waals surface area contributed by atoms with Crippen LogP contribution in [-0.2, 0) is 0 Å². The summed E-state index contributed by atoms with van der Waals surface area (Å²) in [6.45, 7) is 0. The van der Waals surface area contributed by atoms with Gasteiger partial charge in [0.2, 0.25) is 0 Å². The second-order valence-corrected chi connectivity index (χ2v) is 2.87. The molecule has 0 radical (unpaired) electrons. The first-order valence-electron chi connectivity index (χ1n) is 3.45. The Balaban J connectivity index is 2.78. The fraction of sp³-hybridized carbons (Fsp3) is 0.